The number of nitrogens with one attached hydrogen (secondary N) is 1. The Morgan fingerprint density at radius 2 is 1.52 bits per heavy atom. The number of hydrogen-bond acceptors (Lipinski definition) is 5. The summed E-state index contributed by atoms with van der Waals surface area (Å²) in [5, 5.41) is 6.50. The smallest absolute Gasteiger partial charge is 0.339 e. The highest BCUT2D eigenvalue weighted by atomic mass is 19.4. The van der Waals surface area contributed by atoms with Crippen molar-refractivity contribution in [2.24, 2.45) is 0 Å². The second kappa shape index (κ2) is 7.03. The van der Waals surface area contributed by atoms with E-state index >= 15 is 0 Å². The van der Waals surface area contributed by atoms with E-state index in [9.17, 15) is 31.1 Å². The summed E-state index contributed by atoms with van der Waals surface area (Å²) >= 11 is 0. The molecule has 1 saturated carbocycles. The average molecular weight is 442 g/mol. The van der Waals surface area contributed by atoms with Crippen LogP contribution >= 0.6 is 0 Å². The maximum atomic E-state index is 13.1. The fraction of sp³-hybridized carbons (Fsp3) is 0.278. The van der Waals surface area contributed by atoms with Gasteiger partial charge in [-0.1, -0.05) is 0 Å². The highest BCUT2D eigenvalue weighted by molar-refractivity contribution is 5.95. The highest BCUT2D eigenvalue weighted by Crippen LogP contribution is 2.45. The van der Waals surface area contributed by atoms with Crippen molar-refractivity contribution in [2.75, 3.05) is 0 Å². The van der Waals surface area contributed by atoms with E-state index in [0.29, 0.717) is 25.0 Å². The van der Waals surface area contributed by atoms with Crippen LogP contribution in [0.1, 0.15) is 40.2 Å². The van der Waals surface area contributed by atoms with E-state index in [1.54, 1.807) is 6.07 Å². The summed E-state index contributed by atoms with van der Waals surface area (Å²) in [7, 11) is 0. The number of rotatable bonds is 4. The van der Waals surface area contributed by atoms with Gasteiger partial charge in [-0.05, 0) is 37.1 Å². The molecule has 0 radical (unpaired) electrons. The summed E-state index contributed by atoms with van der Waals surface area (Å²) in [4.78, 5) is 24.8. The minimum atomic E-state index is -5.06. The summed E-state index contributed by atoms with van der Waals surface area (Å²) in [5.41, 5.74) is -5.02. The van der Waals surface area contributed by atoms with E-state index in [2.05, 4.69) is 25.4 Å². The minimum Gasteiger partial charge on any atom is -0.339 e. The number of carbonyl (C=O) groups excluding carboxylic acids is 1. The number of hydrogen-bond donors (Lipinski definition) is 1. The predicted molar refractivity (Wildman–Crippen MR) is 91.8 cm³/mol. The number of aromatic nitrogens is 5. The summed E-state index contributed by atoms with van der Waals surface area (Å²) < 4.78 is 79.7. The number of benzene rings is 1. The van der Waals surface area contributed by atoms with Gasteiger partial charge in [-0.25, -0.2) is 15.0 Å². The number of nitrogens with zero attached hydrogens (tertiary/aromatic N) is 5. The van der Waals surface area contributed by atoms with Crippen LogP contribution in [0.4, 0.5) is 26.3 Å². The SMILES string of the molecule is O=C(NC1(c2ncnn2-c2ncccn2)CC1)c1cc(C(F)(F)F)cc(C(F)(F)F)c1. The van der Waals surface area contributed by atoms with Crippen LogP contribution in [0.15, 0.2) is 43.0 Å². The molecule has 2 heterocycles. The van der Waals surface area contributed by atoms with Crippen LogP contribution in [0.3, 0.4) is 0 Å². The molecule has 31 heavy (non-hydrogen) atoms. The molecular weight excluding hydrogens is 430 g/mol. The predicted octanol–water partition coefficient (Wildman–Crippen LogP) is 3.51. The first-order chi connectivity index (χ1) is 14.5. The van der Waals surface area contributed by atoms with Crippen molar-refractivity contribution in [3.63, 3.8) is 0 Å². The summed E-state index contributed by atoms with van der Waals surface area (Å²) in [6, 6.07) is 2.30. The van der Waals surface area contributed by atoms with Crippen molar-refractivity contribution >= 4 is 5.91 Å². The van der Waals surface area contributed by atoms with Crippen LogP contribution in [0, 0.1) is 0 Å². The second-order valence-electron chi connectivity index (χ2n) is 6.88. The Kier molecular flexibility index (Phi) is 4.70. The van der Waals surface area contributed by atoms with Gasteiger partial charge in [0.25, 0.3) is 11.9 Å². The second-order valence-corrected chi connectivity index (χ2v) is 6.88. The Balaban J connectivity index is 1.68. The molecule has 1 amide bonds. The van der Waals surface area contributed by atoms with Gasteiger partial charge in [0, 0.05) is 18.0 Å². The number of halogens is 6. The van der Waals surface area contributed by atoms with Crippen molar-refractivity contribution in [1.82, 2.24) is 30.0 Å². The van der Waals surface area contributed by atoms with Crippen LogP contribution in [-0.4, -0.2) is 30.6 Å². The van der Waals surface area contributed by atoms with Crippen molar-refractivity contribution in [3.8, 4) is 5.95 Å². The molecule has 0 bridgehead atoms. The zero-order valence-electron chi connectivity index (χ0n) is 15.4. The van der Waals surface area contributed by atoms with Gasteiger partial charge in [-0.3, -0.25) is 4.79 Å². The van der Waals surface area contributed by atoms with E-state index < -0.39 is 40.5 Å². The van der Waals surface area contributed by atoms with Crippen molar-refractivity contribution < 1.29 is 31.1 Å². The molecule has 1 aromatic carbocycles. The molecule has 162 valence electrons. The summed E-state index contributed by atoms with van der Waals surface area (Å²) in [6.07, 6.45) is -5.31. The molecule has 0 unspecified atom stereocenters. The Labute approximate surface area is 170 Å². The maximum absolute atomic E-state index is 13.1. The minimum absolute atomic E-state index is 0.0347. The fourth-order valence-electron chi connectivity index (χ4n) is 3.02. The molecule has 1 aliphatic rings. The van der Waals surface area contributed by atoms with Crippen LogP contribution in [0.2, 0.25) is 0 Å². The molecule has 1 aliphatic carbocycles. The van der Waals surface area contributed by atoms with Crippen molar-refractivity contribution in [2.45, 2.75) is 30.7 Å². The van der Waals surface area contributed by atoms with Crippen LogP contribution in [0.5, 0.6) is 0 Å². The molecule has 1 N–H and O–H groups in total. The van der Waals surface area contributed by atoms with E-state index in [1.807, 2.05) is 0 Å². The maximum Gasteiger partial charge on any atom is 0.416 e. The van der Waals surface area contributed by atoms with Gasteiger partial charge < -0.3 is 5.32 Å². The summed E-state index contributed by atoms with van der Waals surface area (Å²) in [5.74, 6) is -0.735. The van der Waals surface area contributed by atoms with Crippen LogP contribution in [0.25, 0.3) is 5.95 Å². The van der Waals surface area contributed by atoms with Crippen LogP contribution in [-0.2, 0) is 17.9 Å². The molecule has 0 atom stereocenters. The topological polar surface area (TPSA) is 85.6 Å². The van der Waals surface area contributed by atoms with Gasteiger partial charge in [0.05, 0.1) is 11.1 Å². The quantitative estimate of drug-likeness (QED) is 0.625. The Morgan fingerprint density at radius 1 is 0.935 bits per heavy atom. The first kappa shape index (κ1) is 20.8. The summed E-state index contributed by atoms with van der Waals surface area (Å²) in [6.45, 7) is 0. The number of alkyl halides is 6. The lowest BCUT2D eigenvalue weighted by molar-refractivity contribution is -0.143. The van der Waals surface area contributed by atoms with Gasteiger partial charge >= 0.3 is 12.4 Å². The van der Waals surface area contributed by atoms with E-state index in [0.717, 1.165) is 0 Å². The Bertz CT molecular complexity index is 1090. The normalized spacial score (nSPS) is 15.5. The number of carbonyl (C=O) groups is 1. The fourth-order valence-corrected chi connectivity index (χ4v) is 3.02. The van der Waals surface area contributed by atoms with Gasteiger partial charge in [0.2, 0.25) is 0 Å². The first-order valence-electron chi connectivity index (χ1n) is 8.79. The average Bonchev–Trinajstić information content (AvgIpc) is 3.31. The monoisotopic (exact) mass is 442 g/mol. The van der Waals surface area contributed by atoms with Crippen molar-refractivity contribution in [3.05, 3.63) is 65.5 Å². The standard InChI is InChI=1S/C18H12F6N6O/c19-17(20,21)11-6-10(7-12(8-11)18(22,23)24)13(31)29-16(2-3-16)14-27-9-28-30(14)15-25-4-1-5-26-15/h1,4-9H,2-3H2,(H,29,31). The van der Waals surface area contributed by atoms with E-state index in [1.165, 1.54) is 23.4 Å². The third-order valence-electron chi connectivity index (χ3n) is 4.67. The molecule has 4 rings (SSSR count). The lowest BCUT2D eigenvalue weighted by Gasteiger charge is -2.19. The van der Waals surface area contributed by atoms with Gasteiger partial charge in [-0.2, -0.15) is 36.1 Å². The van der Waals surface area contributed by atoms with Crippen molar-refractivity contribution in [1.29, 1.82) is 0 Å². The van der Waals surface area contributed by atoms with Gasteiger partial charge in [0.15, 0.2) is 5.82 Å². The van der Waals surface area contributed by atoms with E-state index in [4.69, 9.17) is 0 Å². The molecule has 7 nitrogen and oxygen atoms in total. The molecule has 0 saturated heterocycles. The Hall–Kier alpha value is -3.51. The molecule has 13 heteroatoms. The third kappa shape index (κ3) is 4.07. The third-order valence-corrected chi connectivity index (χ3v) is 4.67. The molecule has 2 aromatic heterocycles. The molecule has 0 aliphatic heterocycles. The highest BCUT2D eigenvalue weighted by Gasteiger charge is 2.50. The molecule has 0 spiro atoms. The lowest BCUT2D eigenvalue weighted by Crippen LogP contribution is -2.37. The zero-order valence-corrected chi connectivity index (χ0v) is 15.4. The molecule has 1 fully saturated rings. The lowest BCUT2D eigenvalue weighted by atomic mass is 10.0. The number of amides is 1. The van der Waals surface area contributed by atoms with E-state index in [-0.39, 0.29) is 17.8 Å². The largest absolute Gasteiger partial charge is 0.416 e. The molecular formula is C18H12F6N6O. The first-order valence-corrected chi connectivity index (χ1v) is 8.79. The zero-order chi connectivity index (χ0) is 22.4. The van der Waals surface area contributed by atoms with Gasteiger partial charge in [0.1, 0.15) is 11.9 Å². The Morgan fingerprint density at radius 3 is 2.03 bits per heavy atom. The molecule has 3 aromatic rings. The van der Waals surface area contributed by atoms with Gasteiger partial charge in [-0.15, -0.1) is 0 Å². The van der Waals surface area contributed by atoms with Crippen LogP contribution < -0.4 is 5.32 Å².